The van der Waals surface area contributed by atoms with E-state index in [1.165, 1.54) is 0 Å². The summed E-state index contributed by atoms with van der Waals surface area (Å²) in [5, 5.41) is 6.68. The van der Waals surface area contributed by atoms with Gasteiger partial charge in [-0.05, 0) is 0 Å². The van der Waals surface area contributed by atoms with E-state index in [1.54, 1.807) is 0 Å². The van der Waals surface area contributed by atoms with Gasteiger partial charge in [0.1, 0.15) is 0 Å². The molecule has 0 saturated carbocycles. The van der Waals surface area contributed by atoms with E-state index in [2.05, 4.69) is 38.3 Å². The molecule has 0 unspecified atom stereocenters. The maximum Gasteiger partial charge on any atom is 0.0432 e. The molecular weight excluding hydrogens is 156 g/mol. The van der Waals surface area contributed by atoms with Crippen molar-refractivity contribution < 1.29 is 0 Å². The largest absolute Gasteiger partial charge is 0.306 e. The van der Waals surface area contributed by atoms with Crippen LogP contribution in [0, 0.1) is 0 Å². The maximum atomic E-state index is 3.34. The van der Waals surface area contributed by atoms with Crippen molar-refractivity contribution in [3.63, 3.8) is 0 Å². The van der Waals surface area contributed by atoms with Crippen LogP contribution in [0.3, 0.4) is 0 Å². The molecule has 0 aliphatic rings. The molecule has 0 saturated heterocycles. The Morgan fingerprint density at radius 2 is 1.27 bits per heavy atom. The zero-order chi connectivity index (χ0) is 8.69. The molecule has 0 spiro atoms. The lowest BCUT2D eigenvalue weighted by Crippen LogP contribution is -2.26. The molecule has 0 amide bonds. The van der Waals surface area contributed by atoms with Crippen LogP contribution in [0.2, 0.25) is 0 Å². The van der Waals surface area contributed by atoms with Crippen LogP contribution in [0.4, 0.5) is 0 Å². The third kappa shape index (κ3) is 10.3. The molecule has 68 valence electrons. The van der Waals surface area contributed by atoms with Crippen LogP contribution in [0.1, 0.15) is 27.7 Å². The summed E-state index contributed by atoms with van der Waals surface area (Å²) in [6, 6.07) is 1.20. The minimum absolute atomic E-state index is 0.599. The highest BCUT2D eigenvalue weighted by Gasteiger charge is 1.93. The van der Waals surface area contributed by atoms with Gasteiger partial charge < -0.3 is 10.6 Å². The predicted molar refractivity (Wildman–Crippen MR) is 53.9 cm³/mol. The Balaban J connectivity index is 2.91. The fourth-order valence-electron chi connectivity index (χ4n) is 0.502. The van der Waals surface area contributed by atoms with Crippen molar-refractivity contribution in [1.82, 2.24) is 10.6 Å². The first-order chi connectivity index (χ1) is 5.13. The summed E-state index contributed by atoms with van der Waals surface area (Å²) < 4.78 is 0. The highest BCUT2D eigenvalue weighted by molar-refractivity contribution is 7.99. The Morgan fingerprint density at radius 3 is 1.55 bits per heavy atom. The average molecular weight is 176 g/mol. The number of thioether (sulfide) groups is 1. The van der Waals surface area contributed by atoms with Crippen LogP contribution in [-0.2, 0) is 0 Å². The third-order valence-corrected chi connectivity index (χ3v) is 1.93. The Morgan fingerprint density at radius 1 is 0.909 bits per heavy atom. The summed E-state index contributed by atoms with van der Waals surface area (Å²) >= 11 is 1.89. The Labute approximate surface area is 74.5 Å². The SMILES string of the molecule is CC(C)NCSCNC(C)C. The van der Waals surface area contributed by atoms with Gasteiger partial charge in [-0.2, -0.15) is 0 Å². The van der Waals surface area contributed by atoms with Crippen molar-refractivity contribution in [2.24, 2.45) is 0 Å². The smallest absolute Gasteiger partial charge is 0.0432 e. The Kier molecular flexibility index (Phi) is 7.12. The fraction of sp³-hybridized carbons (Fsp3) is 1.00. The summed E-state index contributed by atoms with van der Waals surface area (Å²) in [6.45, 7) is 8.65. The summed E-state index contributed by atoms with van der Waals surface area (Å²) in [6.07, 6.45) is 0. The Bertz CT molecular complexity index is 74.2. The normalized spacial score (nSPS) is 11.5. The highest BCUT2D eigenvalue weighted by Crippen LogP contribution is 1.95. The summed E-state index contributed by atoms with van der Waals surface area (Å²) in [4.78, 5) is 0. The van der Waals surface area contributed by atoms with Crippen molar-refractivity contribution in [1.29, 1.82) is 0 Å². The first-order valence-electron chi connectivity index (χ1n) is 4.17. The molecule has 0 atom stereocenters. The second-order valence-corrected chi connectivity index (χ2v) is 4.20. The lowest BCUT2D eigenvalue weighted by molar-refractivity contribution is 0.642. The molecule has 0 heterocycles. The van der Waals surface area contributed by atoms with E-state index < -0.39 is 0 Å². The molecule has 11 heavy (non-hydrogen) atoms. The van der Waals surface area contributed by atoms with Crippen molar-refractivity contribution in [2.75, 3.05) is 11.8 Å². The van der Waals surface area contributed by atoms with Gasteiger partial charge in [-0.25, -0.2) is 0 Å². The molecule has 0 rings (SSSR count). The van der Waals surface area contributed by atoms with Crippen LogP contribution in [0.15, 0.2) is 0 Å². The minimum Gasteiger partial charge on any atom is -0.306 e. The van der Waals surface area contributed by atoms with E-state index in [0.717, 1.165) is 11.8 Å². The lowest BCUT2D eigenvalue weighted by atomic mass is 10.4. The summed E-state index contributed by atoms with van der Waals surface area (Å²) in [5.74, 6) is 2.08. The number of hydrogen-bond donors (Lipinski definition) is 2. The zero-order valence-electron chi connectivity index (χ0n) is 7.98. The van der Waals surface area contributed by atoms with Gasteiger partial charge in [0.05, 0.1) is 0 Å². The minimum atomic E-state index is 0.599. The molecule has 0 aromatic rings. The van der Waals surface area contributed by atoms with Crippen molar-refractivity contribution >= 4 is 11.8 Å². The Hall–Kier alpha value is 0.270. The first kappa shape index (κ1) is 11.3. The van der Waals surface area contributed by atoms with Crippen LogP contribution in [0.25, 0.3) is 0 Å². The van der Waals surface area contributed by atoms with E-state index in [9.17, 15) is 0 Å². The van der Waals surface area contributed by atoms with Crippen LogP contribution >= 0.6 is 11.8 Å². The van der Waals surface area contributed by atoms with Crippen molar-refractivity contribution in [3.05, 3.63) is 0 Å². The molecule has 0 aromatic heterocycles. The van der Waals surface area contributed by atoms with Crippen LogP contribution in [0.5, 0.6) is 0 Å². The number of hydrogen-bond acceptors (Lipinski definition) is 3. The third-order valence-electron chi connectivity index (χ3n) is 1.19. The molecule has 0 bridgehead atoms. The van der Waals surface area contributed by atoms with Gasteiger partial charge in [0.25, 0.3) is 0 Å². The van der Waals surface area contributed by atoms with E-state index in [-0.39, 0.29) is 0 Å². The van der Waals surface area contributed by atoms with Gasteiger partial charge in [0.15, 0.2) is 0 Å². The number of rotatable bonds is 6. The van der Waals surface area contributed by atoms with E-state index in [1.807, 2.05) is 11.8 Å². The molecular formula is C8H20N2S. The standard InChI is InChI=1S/C8H20N2S/c1-7(2)9-5-11-6-10-8(3)4/h7-10H,5-6H2,1-4H3. The van der Waals surface area contributed by atoms with Gasteiger partial charge in [-0.3, -0.25) is 0 Å². The van der Waals surface area contributed by atoms with Gasteiger partial charge in [0.2, 0.25) is 0 Å². The second-order valence-electron chi connectivity index (χ2n) is 3.21. The molecule has 0 aliphatic carbocycles. The molecule has 0 fully saturated rings. The fourth-order valence-corrected chi connectivity index (χ4v) is 1.51. The molecule has 0 radical (unpaired) electrons. The van der Waals surface area contributed by atoms with Crippen LogP contribution in [-0.4, -0.2) is 23.8 Å². The monoisotopic (exact) mass is 176 g/mol. The maximum absolute atomic E-state index is 3.34. The second kappa shape index (κ2) is 6.95. The van der Waals surface area contributed by atoms with E-state index in [4.69, 9.17) is 0 Å². The van der Waals surface area contributed by atoms with Gasteiger partial charge in [-0.1, -0.05) is 27.7 Å². The topological polar surface area (TPSA) is 24.1 Å². The van der Waals surface area contributed by atoms with Gasteiger partial charge in [-0.15, -0.1) is 11.8 Å². The van der Waals surface area contributed by atoms with Crippen molar-refractivity contribution in [2.45, 2.75) is 39.8 Å². The van der Waals surface area contributed by atoms with Gasteiger partial charge in [0, 0.05) is 23.8 Å². The molecule has 0 aromatic carbocycles. The molecule has 2 nitrogen and oxygen atoms in total. The summed E-state index contributed by atoms with van der Waals surface area (Å²) in [7, 11) is 0. The zero-order valence-corrected chi connectivity index (χ0v) is 8.79. The average Bonchev–Trinajstić information content (AvgIpc) is 1.85. The lowest BCUT2D eigenvalue weighted by Gasteiger charge is -2.09. The van der Waals surface area contributed by atoms with Gasteiger partial charge >= 0.3 is 0 Å². The van der Waals surface area contributed by atoms with E-state index >= 15 is 0 Å². The summed E-state index contributed by atoms with van der Waals surface area (Å²) in [5.41, 5.74) is 0. The quantitative estimate of drug-likeness (QED) is 0.475. The molecule has 2 N–H and O–H groups in total. The molecule has 3 heteroatoms. The molecule has 0 aliphatic heterocycles. The number of nitrogens with one attached hydrogen (secondary N) is 2. The van der Waals surface area contributed by atoms with Crippen LogP contribution < -0.4 is 10.6 Å². The van der Waals surface area contributed by atoms with E-state index in [0.29, 0.717) is 12.1 Å². The predicted octanol–water partition coefficient (Wildman–Crippen LogP) is 1.63. The first-order valence-corrected chi connectivity index (χ1v) is 5.33. The highest BCUT2D eigenvalue weighted by atomic mass is 32.2. The van der Waals surface area contributed by atoms with Crippen molar-refractivity contribution in [3.8, 4) is 0 Å².